The number of aromatic hydroxyl groups is 1. The van der Waals surface area contributed by atoms with E-state index in [9.17, 15) is 18.3 Å². The molecule has 3 aromatic rings. The van der Waals surface area contributed by atoms with E-state index in [1.165, 1.54) is 18.2 Å². The molecule has 7 nitrogen and oxygen atoms in total. The number of phenols is 1. The molecular weight excluding hydrogens is 404 g/mol. The molecular formula is C22H26N2O5S. The number of aryl methyl sites for hydroxylation is 2. The lowest BCUT2D eigenvalue weighted by Crippen LogP contribution is -2.18. The van der Waals surface area contributed by atoms with Gasteiger partial charge in [-0.15, -0.1) is 0 Å². The van der Waals surface area contributed by atoms with Crippen LogP contribution in [0.3, 0.4) is 0 Å². The average molecular weight is 431 g/mol. The van der Waals surface area contributed by atoms with E-state index in [1.807, 2.05) is 43.5 Å². The summed E-state index contributed by atoms with van der Waals surface area (Å²) in [5.74, 6) is 0.0263. The number of nitrogens with zero attached hydrogens (tertiary/aromatic N) is 1. The normalized spacial score (nSPS) is 11.6. The third kappa shape index (κ3) is 3.87. The zero-order chi connectivity index (χ0) is 22.1. The molecule has 0 atom stereocenters. The number of hydrogen-bond donors (Lipinski definition) is 2. The van der Waals surface area contributed by atoms with Gasteiger partial charge in [-0.05, 0) is 62.7 Å². The molecule has 30 heavy (non-hydrogen) atoms. The van der Waals surface area contributed by atoms with Crippen LogP contribution in [0.25, 0.3) is 10.9 Å². The Kier molecular flexibility index (Phi) is 6.07. The first-order chi connectivity index (χ1) is 14.2. The fourth-order valence-electron chi connectivity index (χ4n) is 3.54. The molecule has 3 rings (SSSR count). The highest BCUT2D eigenvalue weighted by Crippen LogP contribution is 2.32. The summed E-state index contributed by atoms with van der Waals surface area (Å²) < 4.78 is 31.8. The molecule has 0 fully saturated rings. The number of aromatic nitrogens is 1. The number of amides is 1. The fraction of sp³-hybridized carbons (Fsp3) is 0.318. The molecule has 1 heterocycles. The molecule has 1 amide bonds. The summed E-state index contributed by atoms with van der Waals surface area (Å²) in [6.07, 6.45) is 0. The predicted molar refractivity (Wildman–Crippen MR) is 117 cm³/mol. The molecule has 0 aliphatic carbocycles. The molecule has 2 aromatic carbocycles. The minimum absolute atomic E-state index is 0.0483. The lowest BCUT2D eigenvalue weighted by Gasteiger charge is -2.12. The largest absolute Gasteiger partial charge is 0.506 e. The van der Waals surface area contributed by atoms with E-state index in [0.717, 1.165) is 22.2 Å². The number of fused-ring (bicyclic) bond motifs is 1. The molecule has 0 saturated heterocycles. The van der Waals surface area contributed by atoms with Crippen molar-refractivity contribution in [3.05, 3.63) is 47.7 Å². The maximum atomic E-state index is 13.2. The van der Waals surface area contributed by atoms with Crippen LogP contribution in [0.15, 0.2) is 41.3 Å². The number of anilines is 1. The topological polar surface area (TPSA) is 97.6 Å². The van der Waals surface area contributed by atoms with Crippen molar-refractivity contribution in [3.63, 3.8) is 0 Å². The van der Waals surface area contributed by atoms with Gasteiger partial charge in [0.05, 0.1) is 22.9 Å². The van der Waals surface area contributed by atoms with Crippen LogP contribution < -0.4 is 10.1 Å². The molecule has 1 aromatic heterocycles. The van der Waals surface area contributed by atoms with Gasteiger partial charge in [-0.3, -0.25) is 4.79 Å². The Hall–Kier alpha value is -3.00. The van der Waals surface area contributed by atoms with Crippen LogP contribution in [0.1, 0.15) is 36.8 Å². The summed E-state index contributed by atoms with van der Waals surface area (Å²) in [6.45, 7) is 8.36. The number of ether oxygens (including phenoxy) is 1. The Labute approximate surface area is 176 Å². The smallest absolute Gasteiger partial charge is 0.272 e. The van der Waals surface area contributed by atoms with Crippen LogP contribution in [-0.2, 0) is 16.4 Å². The zero-order valence-corrected chi connectivity index (χ0v) is 18.3. The van der Waals surface area contributed by atoms with Crippen LogP contribution in [0.4, 0.5) is 5.69 Å². The lowest BCUT2D eigenvalue weighted by atomic mass is 10.1. The quantitative estimate of drug-likeness (QED) is 0.550. The molecule has 0 aliphatic heterocycles. The second-order valence-corrected chi connectivity index (χ2v) is 9.14. The van der Waals surface area contributed by atoms with Gasteiger partial charge in [0.1, 0.15) is 17.2 Å². The summed E-state index contributed by atoms with van der Waals surface area (Å²) in [6, 6.07) is 9.57. The standard InChI is InChI=1S/C22H26N2O5S/c1-5-24-19-10-8-15(29-6-2)12-17(19)14(4)21(24)22(26)23-18-13-16(9-11-20(18)25)30(27,28)7-3/h8-13,25H,5-7H2,1-4H3,(H,23,26). The Morgan fingerprint density at radius 3 is 2.50 bits per heavy atom. The number of rotatable bonds is 7. The average Bonchev–Trinajstić information content (AvgIpc) is 3.01. The highest BCUT2D eigenvalue weighted by atomic mass is 32.2. The van der Waals surface area contributed by atoms with Crippen LogP contribution in [0, 0.1) is 6.92 Å². The summed E-state index contributed by atoms with van der Waals surface area (Å²) in [5.41, 5.74) is 2.18. The van der Waals surface area contributed by atoms with Gasteiger partial charge in [-0.2, -0.15) is 0 Å². The fourth-order valence-corrected chi connectivity index (χ4v) is 4.44. The molecule has 8 heteroatoms. The Morgan fingerprint density at radius 1 is 1.13 bits per heavy atom. The van der Waals surface area contributed by atoms with Gasteiger partial charge < -0.3 is 19.7 Å². The van der Waals surface area contributed by atoms with Gasteiger partial charge in [0.2, 0.25) is 0 Å². The molecule has 2 N–H and O–H groups in total. The third-order valence-electron chi connectivity index (χ3n) is 5.09. The van der Waals surface area contributed by atoms with Crippen molar-refractivity contribution >= 4 is 32.3 Å². The van der Waals surface area contributed by atoms with E-state index in [2.05, 4.69) is 5.32 Å². The second kappa shape index (κ2) is 8.39. The summed E-state index contributed by atoms with van der Waals surface area (Å²) in [7, 11) is -3.47. The van der Waals surface area contributed by atoms with Crippen molar-refractivity contribution < 1.29 is 23.1 Å². The van der Waals surface area contributed by atoms with Gasteiger partial charge in [0.15, 0.2) is 9.84 Å². The van der Waals surface area contributed by atoms with Gasteiger partial charge in [0, 0.05) is 17.4 Å². The zero-order valence-electron chi connectivity index (χ0n) is 17.5. The Balaban J connectivity index is 2.06. The van der Waals surface area contributed by atoms with Gasteiger partial charge in [-0.25, -0.2) is 8.42 Å². The molecule has 0 bridgehead atoms. The van der Waals surface area contributed by atoms with Crippen LogP contribution >= 0.6 is 0 Å². The van der Waals surface area contributed by atoms with E-state index in [-0.39, 0.29) is 22.1 Å². The summed E-state index contributed by atoms with van der Waals surface area (Å²) in [5, 5.41) is 13.7. The van der Waals surface area contributed by atoms with E-state index in [1.54, 1.807) is 6.92 Å². The molecule has 160 valence electrons. The van der Waals surface area contributed by atoms with Crippen LogP contribution in [0.2, 0.25) is 0 Å². The number of carbonyl (C=O) groups excluding carboxylic acids is 1. The van der Waals surface area contributed by atoms with Crippen molar-refractivity contribution in [2.75, 3.05) is 17.7 Å². The number of benzene rings is 2. The van der Waals surface area contributed by atoms with Gasteiger partial charge in [-0.1, -0.05) is 6.92 Å². The van der Waals surface area contributed by atoms with Crippen LogP contribution in [0.5, 0.6) is 11.5 Å². The predicted octanol–water partition coefficient (Wildman–Crippen LogP) is 4.12. The first-order valence-corrected chi connectivity index (χ1v) is 11.5. The first kappa shape index (κ1) is 21.7. The molecule has 0 spiro atoms. The number of hydrogen-bond acceptors (Lipinski definition) is 5. The summed E-state index contributed by atoms with van der Waals surface area (Å²) >= 11 is 0. The van der Waals surface area contributed by atoms with E-state index >= 15 is 0 Å². The van der Waals surface area contributed by atoms with Crippen molar-refractivity contribution in [2.45, 2.75) is 39.1 Å². The van der Waals surface area contributed by atoms with E-state index in [4.69, 9.17) is 4.74 Å². The van der Waals surface area contributed by atoms with Crippen molar-refractivity contribution in [1.82, 2.24) is 4.57 Å². The number of phenolic OH excluding ortho intramolecular Hbond substituents is 1. The van der Waals surface area contributed by atoms with E-state index in [0.29, 0.717) is 18.8 Å². The minimum Gasteiger partial charge on any atom is -0.506 e. The van der Waals surface area contributed by atoms with Crippen molar-refractivity contribution in [1.29, 1.82) is 0 Å². The SMILES string of the molecule is CCOc1ccc2c(c1)c(C)c(C(=O)Nc1cc(S(=O)(=O)CC)ccc1O)n2CC. The van der Waals surface area contributed by atoms with Gasteiger partial charge in [0.25, 0.3) is 5.91 Å². The van der Waals surface area contributed by atoms with Gasteiger partial charge >= 0.3 is 0 Å². The lowest BCUT2D eigenvalue weighted by molar-refractivity contribution is 0.101. The number of sulfone groups is 1. The number of carbonyl (C=O) groups is 1. The first-order valence-electron chi connectivity index (χ1n) is 9.86. The Bertz CT molecular complexity index is 1210. The monoisotopic (exact) mass is 430 g/mol. The Morgan fingerprint density at radius 2 is 1.87 bits per heavy atom. The molecule has 0 unspecified atom stereocenters. The highest BCUT2D eigenvalue weighted by molar-refractivity contribution is 7.91. The second-order valence-electron chi connectivity index (χ2n) is 6.87. The maximum Gasteiger partial charge on any atom is 0.272 e. The molecule has 0 saturated carbocycles. The van der Waals surface area contributed by atoms with Crippen molar-refractivity contribution in [2.24, 2.45) is 0 Å². The highest BCUT2D eigenvalue weighted by Gasteiger charge is 2.22. The summed E-state index contributed by atoms with van der Waals surface area (Å²) in [4.78, 5) is 13.2. The van der Waals surface area contributed by atoms with Crippen LogP contribution in [-0.4, -0.2) is 36.4 Å². The molecule has 0 aliphatic rings. The maximum absolute atomic E-state index is 13.2. The number of nitrogens with one attached hydrogen (secondary N) is 1. The van der Waals surface area contributed by atoms with Crippen molar-refractivity contribution in [3.8, 4) is 11.5 Å². The minimum atomic E-state index is -3.47. The molecule has 0 radical (unpaired) electrons. The van der Waals surface area contributed by atoms with E-state index < -0.39 is 15.7 Å². The third-order valence-corrected chi connectivity index (χ3v) is 6.82.